The average Bonchev–Trinajstić information content (AvgIpc) is 2.46. The van der Waals surface area contributed by atoms with E-state index >= 15 is 0 Å². The normalized spacial score (nSPS) is 10.2. The Labute approximate surface area is 122 Å². The summed E-state index contributed by atoms with van der Waals surface area (Å²) in [6.45, 7) is 0.737. The van der Waals surface area contributed by atoms with Gasteiger partial charge in [-0.15, -0.1) is 0 Å². The van der Waals surface area contributed by atoms with Crippen LogP contribution < -0.4 is 14.9 Å². The van der Waals surface area contributed by atoms with E-state index in [-0.39, 0.29) is 0 Å². The fraction of sp³-hybridized carbons (Fsp3) is 0.143. The summed E-state index contributed by atoms with van der Waals surface area (Å²) < 4.78 is 10.9. The minimum atomic E-state index is -1.50. The molecule has 0 heterocycles. The molecule has 0 saturated heterocycles. The summed E-state index contributed by atoms with van der Waals surface area (Å²) in [4.78, 5) is 0. The lowest BCUT2D eigenvalue weighted by Gasteiger charge is -2.09. The van der Waals surface area contributed by atoms with Gasteiger partial charge >= 0.3 is 7.12 Å². The molecule has 0 aliphatic carbocycles. The van der Waals surface area contributed by atoms with Gasteiger partial charge in [0.25, 0.3) is 0 Å². The van der Waals surface area contributed by atoms with Crippen LogP contribution in [0.4, 0.5) is 0 Å². The van der Waals surface area contributed by atoms with Crippen LogP contribution in [0.5, 0.6) is 11.5 Å². The smallest absolute Gasteiger partial charge is 0.488 e. The van der Waals surface area contributed by atoms with Crippen LogP contribution >= 0.6 is 11.6 Å². The van der Waals surface area contributed by atoms with Crippen molar-refractivity contribution in [1.82, 2.24) is 0 Å². The highest BCUT2D eigenvalue weighted by Crippen LogP contribution is 2.15. The minimum absolute atomic E-state index is 0.355. The van der Waals surface area contributed by atoms with Gasteiger partial charge in [-0.2, -0.15) is 0 Å². The van der Waals surface area contributed by atoms with Crippen LogP contribution in [-0.2, 0) is 0 Å². The molecule has 0 fully saturated rings. The second-order valence-electron chi connectivity index (χ2n) is 4.10. The topological polar surface area (TPSA) is 58.9 Å². The van der Waals surface area contributed by atoms with E-state index in [0.29, 0.717) is 29.4 Å². The van der Waals surface area contributed by atoms with E-state index in [4.69, 9.17) is 31.1 Å². The van der Waals surface area contributed by atoms with E-state index in [0.717, 1.165) is 5.75 Å². The van der Waals surface area contributed by atoms with Crippen LogP contribution in [0.2, 0.25) is 5.02 Å². The van der Waals surface area contributed by atoms with Crippen LogP contribution in [0, 0.1) is 0 Å². The molecule has 2 aromatic rings. The standard InChI is InChI=1S/C14H14BClO4/c16-12-4-6-13(7-5-12)19-8-9-20-14-3-1-2-11(10-14)15(17)18/h1-7,10,17-18H,8-9H2. The molecule has 0 amide bonds. The predicted molar refractivity (Wildman–Crippen MR) is 78.7 cm³/mol. The zero-order chi connectivity index (χ0) is 14.4. The number of ether oxygens (including phenoxy) is 2. The van der Waals surface area contributed by atoms with Crippen LogP contribution in [-0.4, -0.2) is 30.4 Å². The first-order valence-electron chi connectivity index (χ1n) is 6.12. The monoisotopic (exact) mass is 292 g/mol. The maximum absolute atomic E-state index is 9.06. The Kier molecular flexibility index (Phi) is 5.29. The Balaban J connectivity index is 1.78. The summed E-state index contributed by atoms with van der Waals surface area (Å²) in [7, 11) is -1.50. The second-order valence-corrected chi connectivity index (χ2v) is 4.53. The molecule has 0 atom stereocenters. The number of rotatable bonds is 6. The maximum Gasteiger partial charge on any atom is 0.488 e. The van der Waals surface area contributed by atoms with Gasteiger partial charge in [0.2, 0.25) is 0 Å². The zero-order valence-electron chi connectivity index (χ0n) is 10.7. The Bertz CT molecular complexity index is 545. The molecule has 0 bridgehead atoms. The molecule has 0 aliphatic rings. The molecule has 4 nitrogen and oxygen atoms in total. The number of halogens is 1. The highest BCUT2D eigenvalue weighted by Gasteiger charge is 2.10. The summed E-state index contributed by atoms with van der Waals surface area (Å²) in [5, 5.41) is 18.8. The van der Waals surface area contributed by atoms with Crippen LogP contribution in [0.15, 0.2) is 48.5 Å². The Morgan fingerprint density at radius 1 is 0.900 bits per heavy atom. The van der Waals surface area contributed by atoms with Gasteiger partial charge in [-0.05, 0) is 41.9 Å². The highest BCUT2D eigenvalue weighted by molar-refractivity contribution is 6.58. The third kappa shape index (κ3) is 4.45. The quantitative estimate of drug-likeness (QED) is 0.625. The van der Waals surface area contributed by atoms with E-state index in [1.165, 1.54) is 0 Å². The number of hydrogen-bond donors (Lipinski definition) is 2. The van der Waals surface area contributed by atoms with Crippen molar-refractivity contribution in [1.29, 1.82) is 0 Å². The zero-order valence-corrected chi connectivity index (χ0v) is 11.5. The van der Waals surface area contributed by atoms with Crippen molar-refractivity contribution in [3.05, 3.63) is 53.6 Å². The van der Waals surface area contributed by atoms with Crippen molar-refractivity contribution in [2.24, 2.45) is 0 Å². The third-order valence-electron chi connectivity index (χ3n) is 2.59. The Hall–Kier alpha value is -1.69. The summed E-state index contributed by atoms with van der Waals surface area (Å²) >= 11 is 5.77. The number of hydrogen-bond acceptors (Lipinski definition) is 4. The van der Waals surface area contributed by atoms with Crippen LogP contribution in [0.25, 0.3) is 0 Å². The van der Waals surface area contributed by atoms with Gasteiger partial charge in [0, 0.05) is 5.02 Å². The molecule has 2 N–H and O–H groups in total. The molecule has 0 saturated carbocycles. The van der Waals surface area contributed by atoms with Crippen molar-refractivity contribution in [2.45, 2.75) is 0 Å². The lowest BCUT2D eigenvalue weighted by atomic mass is 9.80. The molecule has 0 aliphatic heterocycles. The molecule has 2 rings (SSSR count). The largest absolute Gasteiger partial charge is 0.490 e. The van der Waals surface area contributed by atoms with Crippen LogP contribution in [0.3, 0.4) is 0 Å². The molecular weight excluding hydrogens is 278 g/mol. The van der Waals surface area contributed by atoms with Gasteiger partial charge in [0.1, 0.15) is 24.7 Å². The molecular formula is C14H14BClO4. The summed E-state index contributed by atoms with van der Waals surface area (Å²) in [6, 6.07) is 13.7. The van der Waals surface area contributed by atoms with E-state index in [1.807, 2.05) is 0 Å². The van der Waals surface area contributed by atoms with Crippen molar-refractivity contribution in [3.8, 4) is 11.5 Å². The first-order valence-corrected chi connectivity index (χ1v) is 6.50. The fourth-order valence-corrected chi connectivity index (χ4v) is 1.74. The van der Waals surface area contributed by atoms with Gasteiger partial charge < -0.3 is 19.5 Å². The maximum atomic E-state index is 9.06. The molecule has 104 valence electrons. The molecule has 0 aromatic heterocycles. The van der Waals surface area contributed by atoms with Crippen molar-refractivity contribution in [2.75, 3.05) is 13.2 Å². The SMILES string of the molecule is OB(O)c1cccc(OCCOc2ccc(Cl)cc2)c1. The van der Waals surface area contributed by atoms with E-state index in [9.17, 15) is 0 Å². The average molecular weight is 293 g/mol. The lowest BCUT2D eigenvalue weighted by Crippen LogP contribution is -2.29. The predicted octanol–water partition coefficient (Wildman–Crippen LogP) is 1.48. The van der Waals surface area contributed by atoms with Gasteiger partial charge in [-0.3, -0.25) is 0 Å². The van der Waals surface area contributed by atoms with Crippen LogP contribution in [0.1, 0.15) is 0 Å². The second kappa shape index (κ2) is 7.19. The third-order valence-corrected chi connectivity index (χ3v) is 2.84. The first kappa shape index (κ1) is 14.7. The van der Waals surface area contributed by atoms with Gasteiger partial charge in [0.15, 0.2) is 0 Å². The van der Waals surface area contributed by atoms with E-state index in [2.05, 4.69) is 0 Å². The van der Waals surface area contributed by atoms with E-state index in [1.54, 1.807) is 48.5 Å². The van der Waals surface area contributed by atoms with Crippen molar-refractivity contribution < 1.29 is 19.5 Å². The van der Waals surface area contributed by atoms with Crippen molar-refractivity contribution in [3.63, 3.8) is 0 Å². The molecule has 0 unspecified atom stereocenters. The van der Waals surface area contributed by atoms with Gasteiger partial charge in [0.05, 0.1) is 0 Å². The summed E-state index contributed by atoms with van der Waals surface area (Å²) in [6.07, 6.45) is 0. The lowest BCUT2D eigenvalue weighted by molar-refractivity contribution is 0.217. The molecule has 0 spiro atoms. The van der Waals surface area contributed by atoms with Gasteiger partial charge in [-0.25, -0.2) is 0 Å². The molecule has 20 heavy (non-hydrogen) atoms. The number of benzene rings is 2. The Morgan fingerprint density at radius 3 is 2.20 bits per heavy atom. The minimum Gasteiger partial charge on any atom is -0.490 e. The van der Waals surface area contributed by atoms with Gasteiger partial charge in [-0.1, -0.05) is 23.7 Å². The first-order chi connectivity index (χ1) is 9.65. The fourth-order valence-electron chi connectivity index (χ4n) is 1.61. The van der Waals surface area contributed by atoms with E-state index < -0.39 is 7.12 Å². The Morgan fingerprint density at radius 2 is 1.55 bits per heavy atom. The molecule has 6 heteroatoms. The molecule has 0 radical (unpaired) electrons. The molecule has 2 aromatic carbocycles. The highest BCUT2D eigenvalue weighted by atomic mass is 35.5. The van der Waals surface area contributed by atoms with Crippen molar-refractivity contribution >= 4 is 24.2 Å². The summed E-state index contributed by atoms with van der Waals surface area (Å²) in [5.74, 6) is 1.29. The summed E-state index contributed by atoms with van der Waals surface area (Å²) in [5.41, 5.74) is 0.390.